The molecule has 1 aliphatic rings. The summed E-state index contributed by atoms with van der Waals surface area (Å²) in [6.07, 6.45) is 1.85. The lowest BCUT2D eigenvalue weighted by Gasteiger charge is -2.24. The van der Waals surface area contributed by atoms with Gasteiger partial charge in [-0.1, -0.05) is 0 Å². The Labute approximate surface area is 122 Å². The number of nitrogens with two attached hydrogens (primary N) is 1. The number of fused-ring (bicyclic) bond motifs is 1. The highest BCUT2D eigenvalue weighted by Crippen LogP contribution is 2.29. The number of aromatic nitrogens is 2. The summed E-state index contributed by atoms with van der Waals surface area (Å²) < 4.78 is 12.4. The highest BCUT2D eigenvalue weighted by Gasteiger charge is 2.21. The molecule has 1 aromatic carbocycles. The number of nitrogens with zero attached hydrogens (tertiary/aromatic N) is 2. The zero-order valence-corrected chi connectivity index (χ0v) is 12.0. The van der Waals surface area contributed by atoms with Crippen LogP contribution in [-0.2, 0) is 9.47 Å². The molecule has 0 bridgehead atoms. The molecule has 0 amide bonds. The van der Waals surface area contributed by atoms with Gasteiger partial charge in [-0.3, -0.25) is 0 Å². The number of hydrogen-bond acceptors (Lipinski definition) is 5. The maximum Gasteiger partial charge on any atom is 0.338 e. The van der Waals surface area contributed by atoms with Gasteiger partial charge >= 0.3 is 5.97 Å². The van der Waals surface area contributed by atoms with E-state index in [1.165, 1.54) is 0 Å². The minimum atomic E-state index is -0.335. The number of anilines is 1. The van der Waals surface area contributed by atoms with E-state index < -0.39 is 0 Å². The first-order chi connectivity index (χ1) is 10.2. The Morgan fingerprint density at radius 1 is 1.48 bits per heavy atom. The number of nitrogen functional groups attached to an aromatic ring is 1. The molecule has 0 atom stereocenters. The van der Waals surface area contributed by atoms with Gasteiger partial charge in [-0.2, -0.15) is 0 Å². The van der Waals surface area contributed by atoms with Crippen molar-refractivity contribution in [2.75, 3.05) is 25.6 Å². The van der Waals surface area contributed by atoms with Crippen molar-refractivity contribution in [3.8, 4) is 0 Å². The SMILES string of the molecule is CCOC(=O)c1ccc2c(c1)nc(N)n2C1CCOCC1. The van der Waals surface area contributed by atoms with Gasteiger partial charge in [0.15, 0.2) is 0 Å². The van der Waals surface area contributed by atoms with Crippen molar-refractivity contribution in [2.45, 2.75) is 25.8 Å². The van der Waals surface area contributed by atoms with Crippen molar-refractivity contribution in [1.29, 1.82) is 0 Å². The summed E-state index contributed by atoms with van der Waals surface area (Å²) in [6.45, 7) is 3.62. The van der Waals surface area contributed by atoms with Gasteiger partial charge in [0.25, 0.3) is 0 Å². The average Bonchev–Trinajstić information content (AvgIpc) is 2.83. The van der Waals surface area contributed by atoms with Crippen LogP contribution in [0.3, 0.4) is 0 Å². The minimum Gasteiger partial charge on any atom is -0.462 e. The van der Waals surface area contributed by atoms with Crippen LogP contribution in [0.1, 0.15) is 36.2 Å². The van der Waals surface area contributed by atoms with Crippen LogP contribution >= 0.6 is 0 Å². The van der Waals surface area contributed by atoms with Gasteiger partial charge in [0.1, 0.15) is 0 Å². The molecule has 2 N–H and O–H groups in total. The van der Waals surface area contributed by atoms with Crippen molar-refractivity contribution in [3.63, 3.8) is 0 Å². The summed E-state index contributed by atoms with van der Waals surface area (Å²) in [7, 11) is 0. The smallest absolute Gasteiger partial charge is 0.338 e. The van der Waals surface area contributed by atoms with Crippen molar-refractivity contribution >= 4 is 23.0 Å². The molecule has 1 aromatic heterocycles. The van der Waals surface area contributed by atoms with Crippen LogP contribution in [0, 0.1) is 0 Å². The molecule has 112 valence electrons. The largest absolute Gasteiger partial charge is 0.462 e. The Bertz CT molecular complexity index is 659. The lowest BCUT2D eigenvalue weighted by atomic mass is 10.1. The Balaban J connectivity index is 1.99. The Hall–Kier alpha value is -2.08. The zero-order valence-electron chi connectivity index (χ0n) is 12.0. The summed E-state index contributed by atoms with van der Waals surface area (Å²) in [6, 6.07) is 5.69. The molecule has 6 nitrogen and oxygen atoms in total. The molecule has 1 saturated heterocycles. The second-order valence-electron chi connectivity index (χ2n) is 5.11. The van der Waals surface area contributed by atoms with E-state index >= 15 is 0 Å². The van der Waals surface area contributed by atoms with Crippen LogP contribution in [-0.4, -0.2) is 35.3 Å². The molecular weight excluding hydrogens is 270 g/mol. The van der Waals surface area contributed by atoms with E-state index in [1.807, 2.05) is 10.6 Å². The predicted octanol–water partition coefficient (Wildman–Crippen LogP) is 2.15. The number of imidazole rings is 1. The Kier molecular flexibility index (Phi) is 3.79. The van der Waals surface area contributed by atoms with E-state index in [0.717, 1.165) is 37.1 Å². The van der Waals surface area contributed by atoms with Gasteiger partial charge in [-0.25, -0.2) is 9.78 Å². The fourth-order valence-corrected chi connectivity index (χ4v) is 2.79. The Morgan fingerprint density at radius 2 is 2.24 bits per heavy atom. The van der Waals surface area contributed by atoms with Crippen LogP contribution in [0.25, 0.3) is 11.0 Å². The second kappa shape index (κ2) is 5.73. The highest BCUT2D eigenvalue weighted by atomic mass is 16.5. The van der Waals surface area contributed by atoms with Crippen LogP contribution in [0.15, 0.2) is 18.2 Å². The third-order valence-corrected chi connectivity index (χ3v) is 3.78. The van der Waals surface area contributed by atoms with E-state index in [9.17, 15) is 4.79 Å². The highest BCUT2D eigenvalue weighted by molar-refractivity contribution is 5.94. The third kappa shape index (κ3) is 2.58. The summed E-state index contributed by atoms with van der Waals surface area (Å²) in [5.74, 6) is 0.150. The molecule has 2 aromatic rings. The predicted molar refractivity (Wildman–Crippen MR) is 79.2 cm³/mol. The molecule has 0 aliphatic carbocycles. The molecule has 1 fully saturated rings. The molecule has 1 aliphatic heterocycles. The number of carbonyl (C=O) groups is 1. The summed E-state index contributed by atoms with van der Waals surface area (Å²) in [5.41, 5.74) is 8.24. The molecular formula is C15H19N3O3. The van der Waals surface area contributed by atoms with Crippen molar-refractivity contribution in [2.24, 2.45) is 0 Å². The normalized spacial score (nSPS) is 16.2. The van der Waals surface area contributed by atoms with E-state index in [1.54, 1.807) is 19.1 Å². The molecule has 21 heavy (non-hydrogen) atoms. The van der Waals surface area contributed by atoms with E-state index in [0.29, 0.717) is 24.2 Å². The number of carbonyl (C=O) groups excluding carboxylic acids is 1. The van der Waals surface area contributed by atoms with Crippen molar-refractivity contribution < 1.29 is 14.3 Å². The van der Waals surface area contributed by atoms with Gasteiger partial charge < -0.3 is 19.8 Å². The zero-order chi connectivity index (χ0) is 14.8. The monoisotopic (exact) mass is 289 g/mol. The number of esters is 1. The standard InChI is InChI=1S/C15H19N3O3/c1-2-21-14(19)10-3-4-13-12(9-10)17-15(16)18(13)11-5-7-20-8-6-11/h3-4,9,11H,2,5-8H2,1H3,(H2,16,17). The maximum atomic E-state index is 11.8. The first-order valence-corrected chi connectivity index (χ1v) is 7.23. The third-order valence-electron chi connectivity index (χ3n) is 3.78. The minimum absolute atomic E-state index is 0.303. The first kappa shape index (κ1) is 13.9. The fraction of sp³-hybridized carbons (Fsp3) is 0.467. The van der Waals surface area contributed by atoms with Crippen LogP contribution in [0.5, 0.6) is 0 Å². The second-order valence-corrected chi connectivity index (χ2v) is 5.11. The molecule has 2 heterocycles. The van der Waals surface area contributed by atoms with Gasteiger partial charge in [0, 0.05) is 19.3 Å². The van der Waals surface area contributed by atoms with Crippen molar-refractivity contribution in [1.82, 2.24) is 9.55 Å². The van der Waals surface area contributed by atoms with E-state index in [2.05, 4.69) is 4.98 Å². The molecule has 0 radical (unpaired) electrons. The molecule has 3 rings (SSSR count). The summed E-state index contributed by atoms with van der Waals surface area (Å²) in [5, 5.41) is 0. The molecule has 6 heteroatoms. The number of ether oxygens (including phenoxy) is 2. The quantitative estimate of drug-likeness (QED) is 0.876. The Morgan fingerprint density at radius 3 is 2.95 bits per heavy atom. The summed E-state index contributed by atoms with van der Waals surface area (Å²) >= 11 is 0. The van der Waals surface area contributed by atoms with Crippen molar-refractivity contribution in [3.05, 3.63) is 23.8 Å². The fourth-order valence-electron chi connectivity index (χ4n) is 2.79. The van der Waals surface area contributed by atoms with Gasteiger partial charge in [-0.05, 0) is 38.0 Å². The van der Waals surface area contributed by atoms with Crippen LogP contribution < -0.4 is 5.73 Å². The maximum absolute atomic E-state index is 11.8. The van der Waals surface area contributed by atoms with Gasteiger partial charge in [0.2, 0.25) is 5.95 Å². The molecule has 0 spiro atoms. The van der Waals surface area contributed by atoms with Crippen LogP contribution in [0.4, 0.5) is 5.95 Å². The van der Waals surface area contributed by atoms with E-state index in [4.69, 9.17) is 15.2 Å². The van der Waals surface area contributed by atoms with Gasteiger partial charge in [0.05, 0.1) is 23.2 Å². The van der Waals surface area contributed by atoms with Gasteiger partial charge in [-0.15, -0.1) is 0 Å². The molecule has 0 unspecified atom stereocenters. The number of rotatable bonds is 3. The van der Waals surface area contributed by atoms with Crippen LogP contribution in [0.2, 0.25) is 0 Å². The first-order valence-electron chi connectivity index (χ1n) is 7.23. The lowest BCUT2D eigenvalue weighted by Crippen LogP contribution is -2.20. The molecule has 0 saturated carbocycles. The summed E-state index contributed by atoms with van der Waals surface area (Å²) in [4.78, 5) is 16.2. The number of hydrogen-bond donors (Lipinski definition) is 1. The average molecular weight is 289 g/mol. The number of benzene rings is 1. The topological polar surface area (TPSA) is 79.4 Å². The van der Waals surface area contributed by atoms with E-state index in [-0.39, 0.29) is 5.97 Å². The lowest BCUT2D eigenvalue weighted by molar-refractivity contribution is 0.0526.